The van der Waals surface area contributed by atoms with Gasteiger partial charge < -0.3 is 4.74 Å². The molecule has 0 spiro atoms. The lowest BCUT2D eigenvalue weighted by atomic mass is 10.2. The number of ether oxygens (including phenoxy) is 1. The van der Waals surface area contributed by atoms with Gasteiger partial charge in [-0.3, -0.25) is 0 Å². The van der Waals surface area contributed by atoms with Gasteiger partial charge in [-0.2, -0.15) is 0 Å². The average molecular weight is 174 g/mol. The van der Waals surface area contributed by atoms with Gasteiger partial charge in [0.1, 0.15) is 0 Å². The molecule has 0 heterocycles. The summed E-state index contributed by atoms with van der Waals surface area (Å²) in [6, 6.07) is 0. The number of unbranched alkanes of at least 4 members (excludes halogenated alkanes) is 3. The largest absolute Gasteiger partial charge is 0.383 e. The van der Waals surface area contributed by atoms with Crippen LogP contribution >= 0.6 is 0 Å². The van der Waals surface area contributed by atoms with Crippen LogP contribution in [-0.4, -0.2) is 22.6 Å². The van der Waals surface area contributed by atoms with Crippen LogP contribution in [-0.2, 0) is 4.74 Å². The van der Waals surface area contributed by atoms with Crippen LogP contribution in [0.1, 0.15) is 46.0 Å². The van der Waals surface area contributed by atoms with E-state index in [1.807, 2.05) is 0 Å². The van der Waals surface area contributed by atoms with Gasteiger partial charge in [0.2, 0.25) is 0 Å². The quantitative estimate of drug-likeness (QED) is 0.421. The van der Waals surface area contributed by atoms with Crippen LogP contribution in [0, 0.1) is 0 Å². The summed E-state index contributed by atoms with van der Waals surface area (Å²) in [4.78, 5) is 0. The Morgan fingerprint density at radius 3 is 2.45 bits per heavy atom. The van der Waals surface area contributed by atoms with Gasteiger partial charge in [-0.25, -0.2) is 0 Å². The second kappa shape index (κ2) is 8.28. The molecule has 1 atom stereocenters. The molecule has 0 N–H and O–H groups in total. The third-order valence-electron chi connectivity index (χ3n) is 1.98. The molecule has 0 aromatic carbocycles. The minimum Gasteiger partial charge on any atom is -0.383 e. The van der Waals surface area contributed by atoms with E-state index in [1.54, 1.807) is 0 Å². The molecular weight excluding hydrogens is 152 g/mol. The van der Waals surface area contributed by atoms with E-state index < -0.39 is 0 Å². The minimum atomic E-state index is 0.594. The SMILES string of the molecule is CCCCCCOC([SiH3])CC. The predicted molar refractivity (Wildman–Crippen MR) is 54.1 cm³/mol. The number of hydrogen-bond acceptors (Lipinski definition) is 1. The molecule has 0 saturated heterocycles. The highest BCUT2D eigenvalue weighted by Gasteiger charge is 1.96. The molecule has 0 aliphatic carbocycles. The summed E-state index contributed by atoms with van der Waals surface area (Å²) in [6.45, 7) is 5.42. The molecule has 1 unspecified atom stereocenters. The summed E-state index contributed by atoms with van der Waals surface area (Å²) in [5.74, 6) is 0. The summed E-state index contributed by atoms with van der Waals surface area (Å²) in [7, 11) is 1.19. The van der Waals surface area contributed by atoms with Crippen molar-refractivity contribution in [2.24, 2.45) is 0 Å². The maximum absolute atomic E-state index is 5.60. The highest BCUT2D eigenvalue weighted by molar-refractivity contribution is 6.10. The summed E-state index contributed by atoms with van der Waals surface area (Å²) in [5.41, 5.74) is 0.594. The zero-order valence-electron chi connectivity index (χ0n) is 8.23. The van der Waals surface area contributed by atoms with Gasteiger partial charge in [-0.1, -0.05) is 33.1 Å². The summed E-state index contributed by atoms with van der Waals surface area (Å²) < 4.78 is 5.60. The number of hydrogen-bond donors (Lipinski definition) is 0. The van der Waals surface area contributed by atoms with Crippen molar-refractivity contribution >= 4 is 10.2 Å². The van der Waals surface area contributed by atoms with Gasteiger partial charge in [0, 0.05) is 22.6 Å². The molecule has 0 rings (SSSR count). The smallest absolute Gasteiger partial charge is 0.0465 e. The standard InChI is InChI=1S/C9H22OSi/c1-3-5-6-7-8-10-9(11)4-2/h9H,3-8H2,1-2,11H3. The molecule has 0 aromatic heterocycles. The third kappa shape index (κ3) is 8.08. The highest BCUT2D eigenvalue weighted by Crippen LogP contribution is 2.00. The molecule has 0 saturated carbocycles. The molecule has 0 amide bonds. The Kier molecular flexibility index (Phi) is 8.41. The Morgan fingerprint density at radius 2 is 1.91 bits per heavy atom. The Balaban J connectivity index is 2.89. The van der Waals surface area contributed by atoms with Gasteiger partial charge in [0.25, 0.3) is 0 Å². The monoisotopic (exact) mass is 174 g/mol. The Bertz CT molecular complexity index is 76.0. The lowest BCUT2D eigenvalue weighted by Gasteiger charge is -2.09. The first-order chi connectivity index (χ1) is 5.31. The third-order valence-corrected chi connectivity index (χ3v) is 3.13. The van der Waals surface area contributed by atoms with Crippen LogP contribution in [0.3, 0.4) is 0 Å². The van der Waals surface area contributed by atoms with Crippen molar-refractivity contribution in [3.8, 4) is 0 Å². The van der Waals surface area contributed by atoms with Crippen molar-refractivity contribution in [3.63, 3.8) is 0 Å². The fourth-order valence-electron chi connectivity index (χ4n) is 0.931. The van der Waals surface area contributed by atoms with Crippen molar-refractivity contribution in [3.05, 3.63) is 0 Å². The molecule has 11 heavy (non-hydrogen) atoms. The minimum absolute atomic E-state index is 0.594. The normalized spacial score (nSPS) is 13.6. The van der Waals surface area contributed by atoms with Crippen molar-refractivity contribution in [2.75, 3.05) is 6.61 Å². The molecule has 0 aromatic rings. The van der Waals surface area contributed by atoms with Crippen LogP contribution < -0.4 is 0 Å². The zero-order valence-corrected chi connectivity index (χ0v) is 10.2. The molecule has 2 heteroatoms. The van der Waals surface area contributed by atoms with Crippen LogP contribution in [0.25, 0.3) is 0 Å². The van der Waals surface area contributed by atoms with E-state index in [4.69, 9.17) is 4.74 Å². The van der Waals surface area contributed by atoms with Gasteiger partial charge in [0.05, 0.1) is 0 Å². The van der Waals surface area contributed by atoms with Crippen molar-refractivity contribution < 1.29 is 4.74 Å². The van der Waals surface area contributed by atoms with Crippen LogP contribution in [0.2, 0.25) is 0 Å². The molecular formula is C9H22OSi. The molecule has 0 fully saturated rings. The lowest BCUT2D eigenvalue weighted by molar-refractivity contribution is 0.101. The number of rotatable bonds is 7. The maximum atomic E-state index is 5.60. The van der Waals surface area contributed by atoms with E-state index in [0.717, 1.165) is 6.61 Å². The fraction of sp³-hybridized carbons (Fsp3) is 1.00. The first-order valence-corrected chi connectivity index (χ1v) is 6.08. The second-order valence-corrected chi connectivity index (χ2v) is 4.44. The molecule has 68 valence electrons. The Labute approximate surface area is 73.9 Å². The lowest BCUT2D eigenvalue weighted by Crippen LogP contribution is -2.11. The second-order valence-electron chi connectivity index (χ2n) is 3.15. The molecule has 0 radical (unpaired) electrons. The first kappa shape index (κ1) is 11.2. The van der Waals surface area contributed by atoms with Crippen molar-refractivity contribution in [1.29, 1.82) is 0 Å². The van der Waals surface area contributed by atoms with Gasteiger partial charge >= 0.3 is 0 Å². The first-order valence-electron chi connectivity index (χ1n) is 4.92. The van der Waals surface area contributed by atoms with Crippen LogP contribution in [0.15, 0.2) is 0 Å². The van der Waals surface area contributed by atoms with E-state index >= 15 is 0 Å². The van der Waals surface area contributed by atoms with E-state index in [1.165, 1.54) is 42.3 Å². The summed E-state index contributed by atoms with van der Waals surface area (Å²) in [5, 5.41) is 0. The van der Waals surface area contributed by atoms with Gasteiger partial charge in [0.15, 0.2) is 0 Å². The maximum Gasteiger partial charge on any atom is 0.0465 e. The molecule has 0 bridgehead atoms. The van der Waals surface area contributed by atoms with Crippen molar-refractivity contribution in [1.82, 2.24) is 0 Å². The Hall–Kier alpha value is 0.177. The van der Waals surface area contributed by atoms with E-state index in [0.29, 0.717) is 5.73 Å². The molecule has 0 aliphatic heterocycles. The van der Waals surface area contributed by atoms with Gasteiger partial charge in [-0.05, 0) is 12.8 Å². The molecule has 1 nitrogen and oxygen atoms in total. The van der Waals surface area contributed by atoms with E-state index in [-0.39, 0.29) is 0 Å². The topological polar surface area (TPSA) is 9.23 Å². The zero-order chi connectivity index (χ0) is 8.53. The molecule has 0 aliphatic rings. The predicted octanol–water partition coefficient (Wildman–Crippen LogP) is 1.68. The van der Waals surface area contributed by atoms with Gasteiger partial charge in [-0.15, -0.1) is 0 Å². The van der Waals surface area contributed by atoms with Crippen molar-refractivity contribution in [2.45, 2.75) is 51.7 Å². The average Bonchev–Trinajstić information content (AvgIpc) is 2.04. The Morgan fingerprint density at radius 1 is 1.18 bits per heavy atom. The van der Waals surface area contributed by atoms with E-state index in [9.17, 15) is 0 Å². The van der Waals surface area contributed by atoms with E-state index in [2.05, 4.69) is 13.8 Å². The fourth-order valence-corrected chi connectivity index (χ4v) is 1.17. The highest BCUT2D eigenvalue weighted by atomic mass is 28.1. The van der Waals surface area contributed by atoms with Crippen LogP contribution in [0.5, 0.6) is 0 Å². The summed E-state index contributed by atoms with van der Waals surface area (Å²) in [6.07, 6.45) is 6.47. The van der Waals surface area contributed by atoms with Crippen LogP contribution in [0.4, 0.5) is 0 Å². The summed E-state index contributed by atoms with van der Waals surface area (Å²) >= 11 is 0.